The van der Waals surface area contributed by atoms with Gasteiger partial charge in [0.2, 0.25) is 5.91 Å². The van der Waals surface area contributed by atoms with Crippen molar-refractivity contribution in [1.29, 1.82) is 0 Å². The van der Waals surface area contributed by atoms with Crippen molar-refractivity contribution < 1.29 is 22.8 Å². The van der Waals surface area contributed by atoms with E-state index in [1.165, 1.54) is 21.9 Å². The molecule has 1 aliphatic heterocycles. The monoisotopic (exact) mass is 498 g/mol. The van der Waals surface area contributed by atoms with E-state index in [0.717, 1.165) is 48.1 Å². The van der Waals surface area contributed by atoms with Gasteiger partial charge in [0.1, 0.15) is 6.54 Å². The van der Waals surface area contributed by atoms with Gasteiger partial charge in [0.25, 0.3) is 5.91 Å². The molecule has 4 nitrogen and oxygen atoms in total. The molecular formula is C27H25F3N2O2S. The van der Waals surface area contributed by atoms with Crippen molar-refractivity contribution in [3.8, 4) is 0 Å². The van der Waals surface area contributed by atoms with Gasteiger partial charge in [-0.25, -0.2) is 0 Å². The highest BCUT2D eigenvalue weighted by atomic mass is 32.1. The van der Waals surface area contributed by atoms with Crippen molar-refractivity contribution in [3.05, 3.63) is 92.7 Å². The van der Waals surface area contributed by atoms with E-state index < -0.39 is 17.6 Å². The third-order valence-electron chi connectivity index (χ3n) is 6.76. The van der Waals surface area contributed by atoms with Gasteiger partial charge in [0, 0.05) is 23.0 Å². The Bertz CT molecular complexity index is 1270. The standard InChI is InChI=1S/C27H25F3N2O2S/c1-17-5-2-3-8-21(17)25-22-12-14-35-23(22)11-13-31(25)24(33)16-32(20-9-10-20)26(34)18-6-4-7-19(15-18)27(28,29)30/h2-8,12,14-15,20,25H,9-11,13,16H2,1H3/t25-/m1/s1. The van der Waals surface area contributed by atoms with Crippen molar-refractivity contribution in [1.82, 2.24) is 9.80 Å². The Labute approximate surface area is 206 Å². The average Bonchev–Trinajstić information content (AvgIpc) is 3.57. The zero-order chi connectivity index (χ0) is 24.7. The summed E-state index contributed by atoms with van der Waals surface area (Å²) in [6.45, 7) is 2.40. The first-order chi connectivity index (χ1) is 16.7. The lowest BCUT2D eigenvalue weighted by Crippen LogP contribution is -2.47. The minimum Gasteiger partial charge on any atom is -0.330 e. The Morgan fingerprint density at radius 2 is 1.83 bits per heavy atom. The molecule has 182 valence electrons. The van der Waals surface area contributed by atoms with Crippen LogP contribution in [0.1, 0.15) is 56.4 Å². The first-order valence-corrected chi connectivity index (χ1v) is 12.5. The summed E-state index contributed by atoms with van der Waals surface area (Å²) in [7, 11) is 0. The molecule has 2 aliphatic rings. The maximum Gasteiger partial charge on any atom is 0.416 e. The lowest BCUT2D eigenvalue weighted by atomic mass is 9.90. The Balaban J connectivity index is 1.43. The van der Waals surface area contributed by atoms with Gasteiger partial charge in [-0.1, -0.05) is 30.3 Å². The predicted octanol–water partition coefficient (Wildman–Crippen LogP) is 5.85. The second kappa shape index (κ2) is 9.15. The van der Waals surface area contributed by atoms with Crippen LogP contribution < -0.4 is 0 Å². The lowest BCUT2D eigenvalue weighted by Gasteiger charge is -2.38. The quantitative estimate of drug-likeness (QED) is 0.443. The Morgan fingerprint density at radius 3 is 2.54 bits per heavy atom. The molecule has 1 aliphatic carbocycles. The molecule has 0 radical (unpaired) electrons. The number of alkyl halides is 3. The molecule has 0 bridgehead atoms. The van der Waals surface area contributed by atoms with E-state index >= 15 is 0 Å². The highest BCUT2D eigenvalue weighted by molar-refractivity contribution is 7.10. The van der Waals surface area contributed by atoms with Gasteiger partial charge in [-0.05, 0) is 72.5 Å². The minimum absolute atomic E-state index is 0.0475. The normalized spacial score (nSPS) is 17.7. The van der Waals surface area contributed by atoms with Crippen LogP contribution in [0.15, 0.2) is 60.0 Å². The third-order valence-corrected chi connectivity index (χ3v) is 7.76. The number of aryl methyl sites for hydroxylation is 1. The van der Waals surface area contributed by atoms with Crippen LogP contribution in [0.4, 0.5) is 13.2 Å². The van der Waals surface area contributed by atoms with Crippen LogP contribution >= 0.6 is 11.3 Å². The molecule has 1 saturated carbocycles. The number of hydrogen-bond acceptors (Lipinski definition) is 3. The van der Waals surface area contributed by atoms with Crippen LogP contribution in [0.2, 0.25) is 0 Å². The largest absolute Gasteiger partial charge is 0.416 e. The summed E-state index contributed by atoms with van der Waals surface area (Å²) in [5.41, 5.74) is 2.31. The van der Waals surface area contributed by atoms with Crippen LogP contribution in [0.3, 0.4) is 0 Å². The molecule has 0 N–H and O–H groups in total. The fourth-order valence-corrected chi connectivity index (χ4v) is 5.70. The van der Waals surface area contributed by atoms with Gasteiger partial charge in [-0.15, -0.1) is 11.3 Å². The third kappa shape index (κ3) is 4.72. The number of hydrogen-bond donors (Lipinski definition) is 0. The number of nitrogens with zero attached hydrogens (tertiary/aromatic N) is 2. The minimum atomic E-state index is -4.54. The summed E-state index contributed by atoms with van der Waals surface area (Å²) >= 11 is 1.68. The van der Waals surface area contributed by atoms with Crippen LogP contribution in [0.5, 0.6) is 0 Å². The lowest BCUT2D eigenvalue weighted by molar-refractivity contribution is -0.137. The van der Waals surface area contributed by atoms with Crippen molar-refractivity contribution in [2.45, 2.75) is 44.4 Å². The second-order valence-corrected chi connectivity index (χ2v) is 10.1. The number of benzene rings is 2. The van der Waals surface area contributed by atoms with E-state index in [4.69, 9.17) is 0 Å². The fourth-order valence-electron chi connectivity index (χ4n) is 4.80. The number of halogens is 3. The Hall–Kier alpha value is -3.13. The maximum atomic E-state index is 13.7. The maximum absolute atomic E-state index is 13.7. The zero-order valence-electron chi connectivity index (χ0n) is 19.2. The molecule has 1 fully saturated rings. The molecule has 3 aromatic rings. The number of carbonyl (C=O) groups is 2. The predicted molar refractivity (Wildman–Crippen MR) is 128 cm³/mol. The van der Waals surface area contributed by atoms with Gasteiger partial charge in [0.05, 0.1) is 11.6 Å². The highest BCUT2D eigenvalue weighted by Crippen LogP contribution is 2.39. The van der Waals surface area contributed by atoms with Crippen LogP contribution in [-0.4, -0.2) is 40.7 Å². The first kappa shape index (κ1) is 23.6. The van der Waals surface area contributed by atoms with Crippen LogP contribution in [-0.2, 0) is 17.4 Å². The molecule has 2 amide bonds. The molecule has 0 saturated heterocycles. The summed E-state index contributed by atoms with van der Waals surface area (Å²) in [6.07, 6.45) is -2.31. The van der Waals surface area contributed by atoms with E-state index in [2.05, 4.69) is 6.07 Å². The number of rotatable bonds is 5. The number of carbonyl (C=O) groups excluding carboxylic acids is 2. The van der Waals surface area contributed by atoms with E-state index in [0.29, 0.717) is 6.54 Å². The first-order valence-electron chi connectivity index (χ1n) is 11.6. The van der Waals surface area contributed by atoms with Gasteiger partial charge in [-0.2, -0.15) is 13.2 Å². The van der Waals surface area contributed by atoms with E-state index in [-0.39, 0.29) is 30.1 Å². The van der Waals surface area contributed by atoms with Crippen molar-refractivity contribution >= 4 is 23.2 Å². The van der Waals surface area contributed by atoms with Crippen LogP contribution in [0.25, 0.3) is 0 Å². The number of thiophene rings is 1. The Kier molecular flexibility index (Phi) is 6.17. The average molecular weight is 499 g/mol. The SMILES string of the molecule is Cc1ccccc1[C@@H]1c2ccsc2CCN1C(=O)CN(C(=O)c1cccc(C(F)(F)F)c1)C1CC1. The Morgan fingerprint density at radius 1 is 1.06 bits per heavy atom. The molecule has 5 rings (SSSR count). The zero-order valence-corrected chi connectivity index (χ0v) is 20.0. The molecule has 2 heterocycles. The summed E-state index contributed by atoms with van der Waals surface area (Å²) in [4.78, 5) is 31.5. The smallest absolute Gasteiger partial charge is 0.330 e. The molecular weight excluding hydrogens is 473 g/mol. The number of fused-ring (bicyclic) bond motifs is 1. The molecule has 1 aromatic heterocycles. The summed E-state index contributed by atoms with van der Waals surface area (Å²) in [6, 6.07) is 14.1. The molecule has 2 aromatic carbocycles. The van der Waals surface area contributed by atoms with Crippen molar-refractivity contribution in [2.24, 2.45) is 0 Å². The van der Waals surface area contributed by atoms with E-state index in [1.54, 1.807) is 11.3 Å². The van der Waals surface area contributed by atoms with Crippen molar-refractivity contribution in [2.75, 3.05) is 13.1 Å². The summed E-state index contributed by atoms with van der Waals surface area (Å²) in [5.74, 6) is -0.727. The molecule has 8 heteroatoms. The summed E-state index contributed by atoms with van der Waals surface area (Å²) in [5, 5.41) is 2.04. The van der Waals surface area contributed by atoms with Crippen molar-refractivity contribution in [3.63, 3.8) is 0 Å². The topological polar surface area (TPSA) is 40.6 Å². The molecule has 35 heavy (non-hydrogen) atoms. The van der Waals surface area contributed by atoms with Gasteiger partial charge < -0.3 is 9.80 Å². The fraction of sp³-hybridized carbons (Fsp3) is 0.333. The van der Waals surface area contributed by atoms with Crippen LogP contribution in [0, 0.1) is 6.92 Å². The summed E-state index contributed by atoms with van der Waals surface area (Å²) < 4.78 is 39.6. The van der Waals surface area contributed by atoms with E-state index in [1.807, 2.05) is 41.5 Å². The molecule has 0 spiro atoms. The van der Waals surface area contributed by atoms with E-state index in [9.17, 15) is 22.8 Å². The van der Waals surface area contributed by atoms with Gasteiger partial charge in [-0.3, -0.25) is 9.59 Å². The molecule has 1 atom stereocenters. The van der Waals surface area contributed by atoms with Gasteiger partial charge in [0.15, 0.2) is 0 Å². The molecule has 0 unspecified atom stereocenters. The highest BCUT2D eigenvalue weighted by Gasteiger charge is 2.39. The van der Waals surface area contributed by atoms with Gasteiger partial charge >= 0.3 is 6.18 Å². The number of amides is 2. The second-order valence-electron chi connectivity index (χ2n) is 9.14.